The van der Waals surface area contributed by atoms with Crippen LogP contribution in [0.1, 0.15) is 44.5 Å². The Morgan fingerprint density at radius 1 is 1.15 bits per heavy atom. The molecule has 0 saturated carbocycles. The Hall–Kier alpha value is -1.93. The summed E-state index contributed by atoms with van der Waals surface area (Å²) < 4.78 is 32.0. The third-order valence-corrected chi connectivity index (χ3v) is 7.40. The summed E-state index contributed by atoms with van der Waals surface area (Å²) in [5.74, 6) is 0.205. The predicted molar refractivity (Wildman–Crippen MR) is 102 cm³/mol. The molecule has 0 N–H and O–H groups in total. The molecule has 8 heteroatoms. The zero-order valence-corrected chi connectivity index (χ0v) is 17.0. The van der Waals surface area contributed by atoms with Gasteiger partial charge in [-0.2, -0.15) is 9.40 Å². The molecule has 2 atom stereocenters. The van der Waals surface area contributed by atoms with Gasteiger partial charge in [0, 0.05) is 56.0 Å². The second-order valence-corrected chi connectivity index (χ2v) is 10.7. The smallest absolute Gasteiger partial charge is 0.250 e. The number of aryl methyl sites for hydroxylation is 1. The highest BCUT2D eigenvalue weighted by atomic mass is 32.2. The topological polar surface area (TPSA) is 77.2 Å². The maximum absolute atomic E-state index is 13.5. The van der Waals surface area contributed by atoms with Crippen molar-refractivity contribution in [3.05, 3.63) is 46.1 Å². The molecule has 4 heterocycles. The molecule has 2 aliphatic rings. The number of hydrogen-bond donors (Lipinski definition) is 0. The van der Waals surface area contributed by atoms with Gasteiger partial charge in [-0.3, -0.25) is 9.48 Å². The third kappa shape index (κ3) is 3.04. The van der Waals surface area contributed by atoms with Gasteiger partial charge in [0.05, 0.1) is 5.69 Å². The molecule has 2 bridgehead atoms. The van der Waals surface area contributed by atoms with E-state index in [9.17, 15) is 13.2 Å². The summed E-state index contributed by atoms with van der Waals surface area (Å²) in [5.41, 5.74) is 1.17. The fourth-order valence-corrected chi connectivity index (χ4v) is 6.30. The normalized spacial score (nSPS) is 23.3. The molecule has 27 heavy (non-hydrogen) atoms. The van der Waals surface area contributed by atoms with E-state index in [0.717, 1.165) is 12.1 Å². The number of sulfonamides is 1. The van der Waals surface area contributed by atoms with Gasteiger partial charge in [0.1, 0.15) is 4.90 Å². The molecule has 2 unspecified atom stereocenters. The monoisotopic (exact) mass is 390 g/mol. The van der Waals surface area contributed by atoms with Gasteiger partial charge in [-0.1, -0.05) is 26.8 Å². The molecule has 0 aromatic carbocycles. The SMILES string of the molecule is Cn1cc(S(=O)(=O)N2CC3CC(C2)c2cccc(=O)n2C3)c(C(C)(C)C)n1. The van der Waals surface area contributed by atoms with E-state index in [4.69, 9.17) is 0 Å². The summed E-state index contributed by atoms with van der Waals surface area (Å²) >= 11 is 0. The molecule has 0 spiro atoms. The number of aromatic nitrogens is 3. The van der Waals surface area contributed by atoms with Gasteiger partial charge in [-0.05, 0) is 18.4 Å². The van der Waals surface area contributed by atoms with Crippen LogP contribution in [-0.4, -0.2) is 40.2 Å². The van der Waals surface area contributed by atoms with Crippen LogP contribution in [0.3, 0.4) is 0 Å². The minimum absolute atomic E-state index is 0.000727. The maximum Gasteiger partial charge on any atom is 0.250 e. The number of nitrogens with zero attached hydrogens (tertiary/aromatic N) is 4. The van der Waals surface area contributed by atoms with Crippen LogP contribution in [0, 0.1) is 5.92 Å². The lowest BCUT2D eigenvalue weighted by molar-refractivity contribution is 0.186. The molecule has 7 nitrogen and oxygen atoms in total. The first-order chi connectivity index (χ1) is 12.6. The predicted octanol–water partition coefficient (Wildman–Crippen LogP) is 1.69. The largest absolute Gasteiger partial charge is 0.312 e. The van der Waals surface area contributed by atoms with Crippen molar-refractivity contribution in [2.24, 2.45) is 13.0 Å². The van der Waals surface area contributed by atoms with Gasteiger partial charge in [0.15, 0.2) is 0 Å². The third-order valence-electron chi connectivity index (χ3n) is 5.57. The van der Waals surface area contributed by atoms with Crippen LogP contribution < -0.4 is 5.56 Å². The zero-order chi connectivity index (χ0) is 19.6. The summed E-state index contributed by atoms with van der Waals surface area (Å²) in [6, 6.07) is 5.29. The van der Waals surface area contributed by atoms with Gasteiger partial charge in [0.2, 0.25) is 10.0 Å². The van der Waals surface area contributed by atoms with Crippen molar-refractivity contribution in [3.8, 4) is 0 Å². The number of pyridine rings is 1. The summed E-state index contributed by atoms with van der Waals surface area (Å²) in [5, 5.41) is 4.43. The molecule has 4 rings (SSSR count). The van der Waals surface area contributed by atoms with Crippen molar-refractivity contribution in [2.45, 2.75) is 50.0 Å². The summed E-state index contributed by atoms with van der Waals surface area (Å²) in [7, 11) is -1.90. The Kier molecular flexibility index (Phi) is 4.12. The Balaban J connectivity index is 1.73. The fraction of sp³-hybridized carbons (Fsp3) is 0.579. The number of fused-ring (bicyclic) bond motifs is 4. The lowest BCUT2D eigenvalue weighted by Gasteiger charge is -2.42. The summed E-state index contributed by atoms with van der Waals surface area (Å²) in [6.07, 6.45) is 2.54. The molecular weight excluding hydrogens is 364 g/mol. The lowest BCUT2D eigenvalue weighted by atomic mass is 9.84. The molecule has 146 valence electrons. The number of hydrogen-bond acceptors (Lipinski definition) is 4. The van der Waals surface area contributed by atoms with E-state index < -0.39 is 10.0 Å². The molecule has 0 amide bonds. The van der Waals surface area contributed by atoms with E-state index >= 15 is 0 Å². The first-order valence-corrected chi connectivity index (χ1v) is 10.8. The van der Waals surface area contributed by atoms with Crippen LogP contribution in [0.4, 0.5) is 0 Å². The average molecular weight is 391 g/mol. The van der Waals surface area contributed by atoms with E-state index in [1.54, 1.807) is 34.4 Å². The van der Waals surface area contributed by atoms with Crippen molar-refractivity contribution in [1.29, 1.82) is 0 Å². The van der Waals surface area contributed by atoms with Gasteiger partial charge < -0.3 is 4.57 Å². The zero-order valence-electron chi connectivity index (χ0n) is 16.2. The van der Waals surface area contributed by atoms with Crippen LogP contribution in [0.15, 0.2) is 34.1 Å². The number of piperidine rings is 1. The summed E-state index contributed by atoms with van der Waals surface area (Å²) in [4.78, 5) is 12.5. The van der Waals surface area contributed by atoms with Crippen molar-refractivity contribution >= 4 is 10.0 Å². The molecule has 0 radical (unpaired) electrons. The second kappa shape index (κ2) is 6.04. The Labute approximate surface area is 159 Å². The standard InChI is InChI=1S/C19H26N4O3S/c1-19(2,3)18-16(12-21(4)20-18)27(25,26)22-9-13-8-14(11-22)15-6-5-7-17(24)23(15)10-13/h5-7,12-14H,8-11H2,1-4H3. The van der Waals surface area contributed by atoms with Crippen LogP contribution in [0.5, 0.6) is 0 Å². The molecule has 0 aliphatic carbocycles. The highest BCUT2D eigenvalue weighted by Gasteiger charge is 2.41. The molecule has 2 aromatic heterocycles. The van der Waals surface area contributed by atoms with Crippen LogP contribution in [-0.2, 0) is 29.0 Å². The van der Waals surface area contributed by atoms with E-state index in [2.05, 4.69) is 5.10 Å². The van der Waals surface area contributed by atoms with E-state index in [1.165, 1.54) is 0 Å². The molecular formula is C19H26N4O3S. The van der Waals surface area contributed by atoms with Crippen molar-refractivity contribution < 1.29 is 8.42 Å². The van der Waals surface area contributed by atoms with Crippen molar-refractivity contribution in [3.63, 3.8) is 0 Å². The van der Waals surface area contributed by atoms with Gasteiger partial charge in [0.25, 0.3) is 5.56 Å². The van der Waals surface area contributed by atoms with E-state index in [1.807, 2.05) is 31.4 Å². The lowest BCUT2D eigenvalue weighted by Crippen LogP contribution is -2.49. The highest BCUT2D eigenvalue weighted by Crippen LogP contribution is 2.38. The van der Waals surface area contributed by atoms with Crippen LogP contribution >= 0.6 is 0 Å². The average Bonchev–Trinajstić information content (AvgIpc) is 2.99. The van der Waals surface area contributed by atoms with Gasteiger partial charge in [-0.25, -0.2) is 8.42 Å². The Bertz CT molecular complexity index is 1050. The van der Waals surface area contributed by atoms with E-state index in [0.29, 0.717) is 30.2 Å². The summed E-state index contributed by atoms with van der Waals surface area (Å²) in [6.45, 7) is 7.35. The Morgan fingerprint density at radius 2 is 1.89 bits per heavy atom. The first kappa shape index (κ1) is 18.4. The fourth-order valence-electron chi connectivity index (χ4n) is 4.36. The number of rotatable bonds is 2. The molecule has 2 aromatic rings. The van der Waals surface area contributed by atoms with Gasteiger partial charge in [-0.15, -0.1) is 0 Å². The van der Waals surface area contributed by atoms with Crippen LogP contribution in [0.25, 0.3) is 0 Å². The van der Waals surface area contributed by atoms with Crippen LogP contribution in [0.2, 0.25) is 0 Å². The van der Waals surface area contributed by atoms with Crippen molar-refractivity contribution in [1.82, 2.24) is 18.7 Å². The maximum atomic E-state index is 13.5. The quantitative estimate of drug-likeness (QED) is 0.782. The van der Waals surface area contributed by atoms with Crippen molar-refractivity contribution in [2.75, 3.05) is 13.1 Å². The minimum Gasteiger partial charge on any atom is -0.312 e. The molecule has 1 fully saturated rings. The first-order valence-electron chi connectivity index (χ1n) is 9.31. The Morgan fingerprint density at radius 3 is 2.59 bits per heavy atom. The van der Waals surface area contributed by atoms with E-state index in [-0.39, 0.29) is 22.8 Å². The second-order valence-electron chi connectivity index (χ2n) is 8.79. The highest BCUT2D eigenvalue weighted by molar-refractivity contribution is 7.89. The minimum atomic E-state index is -3.65. The molecule has 2 aliphatic heterocycles. The van der Waals surface area contributed by atoms with Gasteiger partial charge >= 0.3 is 0 Å². The molecule has 1 saturated heterocycles.